The van der Waals surface area contributed by atoms with Crippen molar-refractivity contribution in [3.8, 4) is 5.40 Å². The number of hydrogen-bond acceptors (Lipinski definition) is 6. The first kappa shape index (κ1) is 12.5. The molecule has 0 unspecified atom stereocenters. The van der Waals surface area contributed by atoms with Crippen molar-refractivity contribution in [2.24, 2.45) is 0 Å². The number of nitrogens with zero attached hydrogens (tertiary/aromatic N) is 2. The van der Waals surface area contributed by atoms with E-state index in [0.717, 1.165) is 23.1 Å². The quantitative estimate of drug-likeness (QED) is 0.633. The van der Waals surface area contributed by atoms with Gasteiger partial charge in [0.15, 0.2) is 5.13 Å². The molecule has 0 saturated heterocycles. The van der Waals surface area contributed by atoms with Crippen LogP contribution in [0.25, 0.3) is 0 Å². The molecule has 6 nitrogen and oxygen atoms in total. The maximum atomic E-state index is 10.9. The summed E-state index contributed by atoms with van der Waals surface area (Å²) in [4.78, 5) is 25.7. The van der Waals surface area contributed by atoms with Crippen LogP contribution in [0.4, 0.5) is 10.1 Å². The summed E-state index contributed by atoms with van der Waals surface area (Å²) in [5.41, 5.74) is 0. The van der Waals surface area contributed by atoms with Crippen molar-refractivity contribution in [2.75, 3.05) is 10.6 Å². The molecule has 8 heteroatoms. The second-order valence-electron chi connectivity index (χ2n) is 2.71. The molecular weight excluding hydrogens is 248 g/mol. The van der Waals surface area contributed by atoms with Crippen LogP contribution in [0.1, 0.15) is 13.8 Å². The number of aromatic nitrogens is 1. The molecule has 2 amide bonds. The Bertz CT molecular complexity index is 463. The number of nitriles is 1. The van der Waals surface area contributed by atoms with E-state index in [1.807, 2.05) is 5.40 Å². The van der Waals surface area contributed by atoms with Crippen LogP contribution in [0.5, 0.6) is 0 Å². The van der Waals surface area contributed by atoms with E-state index in [2.05, 4.69) is 15.6 Å². The normalized spacial score (nSPS) is 9.31. The molecule has 0 saturated carbocycles. The number of anilines is 2. The minimum Gasteiger partial charge on any atom is -0.316 e. The van der Waals surface area contributed by atoms with Crippen LogP contribution in [0.3, 0.4) is 0 Å². The molecule has 0 bridgehead atoms. The van der Waals surface area contributed by atoms with E-state index in [-0.39, 0.29) is 11.8 Å². The fourth-order valence-corrected chi connectivity index (χ4v) is 2.39. The summed E-state index contributed by atoms with van der Waals surface area (Å²) >= 11 is 1.94. The summed E-state index contributed by atoms with van der Waals surface area (Å²) in [7, 11) is 0. The standard InChI is InChI=1S/C8H8N4O2S2/c1-4(13)10-7-6(15-3-9)12-8(16-7)11-5(2)14/h1-2H3,(H,10,13)(H,11,12,14). The number of amides is 2. The minimum absolute atomic E-state index is 0.252. The molecule has 0 atom stereocenters. The van der Waals surface area contributed by atoms with Crippen molar-refractivity contribution in [1.82, 2.24) is 4.98 Å². The van der Waals surface area contributed by atoms with Gasteiger partial charge in [0.25, 0.3) is 0 Å². The van der Waals surface area contributed by atoms with Crippen molar-refractivity contribution in [2.45, 2.75) is 18.9 Å². The highest BCUT2D eigenvalue weighted by Gasteiger charge is 2.13. The Balaban J connectivity index is 2.95. The molecule has 1 heterocycles. The molecule has 0 radical (unpaired) electrons. The van der Waals surface area contributed by atoms with Gasteiger partial charge >= 0.3 is 0 Å². The first-order valence-corrected chi connectivity index (χ1v) is 5.78. The molecule has 1 aromatic rings. The van der Waals surface area contributed by atoms with Gasteiger partial charge in [-0.15, -0.1) is 0 Å². The van der Waals surface area contributed by atoms with Crippen LogP contribution in [-0.4, -0.2) is 16.8 Å². The van der Waals surface area contributed by atoms with Gasteiger partial charge in [-0.3, -0.25) is 9.59 Å². The molecule has 2 N–H and O–H groups in total. The van der Waals surface area contributed by atoms with Gasteiger partial charge in [-0.25, -0.2) is 4.98 Å². The molecule has 0 aliphatic carbocycles. The topological polar surface area (TPSA) is 94.9 Å². The summed E-state index contributed by atoms with van der Waals surface area (Å²) in [6, 6.07) is 0. The maximum absolute atomic E-state index is 10.9. The molecule has 84 valence electrons. The summed E-state index contributed by atoms with van der Waals surface area (Å²) in [5.74, 6) is -0.505. The fourth-order valence-electron chi connectivity index (χ4n) is 0.861. The maximum Gasteiger partial charge on any atom is 0.223 e. The monoisotopic (exact) mass is 256 g/mol. The van der Waals surface area contributed by atoms with Crippen LogP contribution in [-0.2, 0) is 9.59 Å². The largest absolute Gasteiger partial charge is 0.316 e. The van der Waals surface area contributed by atoms with Crippen molar-refractivity contribution in [3.05, 3.63) is 0 Å². The Labute approximate surface area is 100 Å². The van der Waals surface area contributed by atoms with E-state index in [4.69, 9.17) is 5.26 Å². The number of thiazole rings is 1. The number of thiocyanates is 1. The van der Waals surface area contributed by atoms with E-state index in [1.165, 1.54) is 13.8 Å². The fraction of sp³-hybridized carbons (Fsp3) is 0.250. The third-order valence-corrected chi connectivity index (χ3v) is 2.91. The highest BCUT2D eigenvalue weighted by Crippen LogP contribution is 2.34. The predicted octanol–water partition coefficient (Wildman–Crippen LogP) is 1.63. The summed E-state index contributed by atoms with van der Waals surface area (Å²) in [5, 5.41) is 16.6. The van der Waals surface area contributed by atoms with Crippen molar-refractivity contribution in [1.29, 1.82) is 5.26 Å². The van der Waals surface area contributed by atoms with Crippen LogP contribution in [0.2, 0.25) is 0 Å². The Hall–Kier alpha value is -1.59. The van der Waals surface area contributed by atoms with Crippen LogP contribution >= 0.6 is 23.1 Å². The van der Waals surface area contributed by atoms with Gasteiger partial charge in [0.2, 0.25) is 11.8 Å². The molecule has 1 rings (SSSR count). The van der Waals surface area contributed by atoms with Gasteiger partial charge in [0.1, 0.15) is 15.4 Å². The van der Waals surface area contributed by atoms with Gasteiger partial charge in [0, 0.05) is 25.6 Å². The van der Waals surface area contributed by atoms with Gasteiger partial charge in [-0.05, 0) is 0 Å². The molecule has 16 heavy (non-hydrogen) atoms. The van der Waals surface area contributed by atoms with E-state index >= 15 is 0 Å². The second kappa shape index (κ2) is 5.48. The molecule has 0 aliphatic rings. The lowest BCUT2D eigenvalue weighted by atomic mass is 10.7. The highest BCUT2D eigenvalue weighted by atomic mass is 32.2. The van der Waals surface area contributed by atoms with Crippen molar-refractivity contribution < 1.29 is 9.59 Å². The van der Waals surface area contributed by atoms with Crippen LogP contribution < -0.4 is 10.6 Å². The summed E-state index contributed by atoms with van der Waals surface area (Å²) < 4.78 is 0. The first-order valence-electron chi connectivity index (χ1n) is 4.15. The van der Waals surface area contributed by atoms with Crippen LogP contribution in [0.15, 0.2) is 5.03 Å². The van der Waals surface area contributed by atoms with E-state index in [1.54, 1.807) is 0 Å². The minimum atomic E-state index is -0.253. The number of carbonyl (C=O) groups is 2. The Morgan fingerprint density at radius 2 is 2.00 bits per heavy atom. The zero-order valence-electron chi connectivity index (χ0n) is 8.53. The lowest BCUT2D eigenvalue weighted by Gasteiger charge is -1.96. The van der Waals surface area contributed by atoms with Gasteiger partial charge in [-0.1, -0.05) is 11.3 Å². The number of nitrogens with one attached hydrogen (secondary N) is 2. The van der Waals surface area contributed by atoms with Gasteiger partial charge in [0.05, 0.1) is 0 Å². The van der Waals surface area contributed by atoms with Crippen molar-refractivity contribution >= 4 is 45.0 Å². The molecular formula is C8H8N4O2S2. The lowest BCUT2D eigenvalue weighted by molar-refractivity contribution is -0.115. The van der Waals surface area contributed by atoms with Gasteiger partial charge < -0.3 is 10.6 Å². The van der Waals surface area contributed by atoms with Crippen molar-refractivity contribution in [3.63, 3.8) is 0 Å². The summed E-state index contributed by atoms with van der Waals surface area (Å²) in [6.45, 7) is 2.72. The number of thioether (sulfide) groups is 1. The molecule has 0 aromatic carbocycles. The smallest absolute Gasteiger partial charge is 0.223 e. The Morgan fingerprint density at radius 1 is 1.38 bits per heavy atom. The first-order chi connectivity index (χ1) is 7.52. The summed E-state index contributed by atoms with van der Waals surface area (Å²) in [6.07, 6.45) is 0. The Kier molecular flexibility index (Phi) is 4.28. The lowest BCUT2D eigenvalue weighted by Crippen LogP contribution is -2.04. The number of hydrogen-bond donors (Lipinski definition) is 2. The van der Waals surface area contributed by atoms with E-state index in [9.17, 15) is 9.59 Å². The zero-order valence-corrected chi connectivity index (χ0v) is 10.2. The number of rotatable bonds is 3. The average Bonchev–Trinajstić information content (AvgIpc) is 2.46. The van der Waals surface area contributed by atoms with E-state index in [0.29, 0.717) is 15.2 Å². The SMILES string of the molecule is CC(=O)Nc1nc(SC#N)c(NC(C)=O)s1. The molecule has 0 fully saturated rings. The average molecular weight is 256 g/mol. The Morgan fingerprint density at radius 3 is 2.50 bits per heavy atom. The van der Waals surface area contributed by atoms with Gasteiger partial charge in [-0.2, -0.15) is 5.26 Å². The third-order valence-electron chi connectivity index (χ3n) is 1.31. The second-order valence-corrected chi connectivity index (χ2v) is 4.48. The molecule has 1 aromatic heterocycles. The molecule has 0 aliphatic heterocycles. The molecule has 0 spiro atoms. The van der Waals surface area contributed by atoms with E-state index < -0.39 is 0 Å². The zero-order chi connectivity index (χ0) is 12.1. The van der Waals surface area contributed by atoms with Crippen LogP contribution in [0, 0.1) is 10.7 Å². The highest BCUT2D eigenvalue weighted by molar-refractivity contribution is 8.03. The number of carbonyl (C=O) groups excluding carboxylic acids is 2. The third kappa shape index (κ3) is 3.52. The predicted molar refractivity (Wildman–Crippen MR) is 62.2 cm³/mol.